The fraction of sp³-hybridized carbons (Fsp3) is 0.698. The first-order chi connectivity index (χ1) is 38.6. The van der Waals surface area contributed by atoms with Crippen LogP contribution in [0.3, 0.4) is 0 Å². The summed E-state index contributed by atoms with van der Waals surface area (Å²) in [5.41, 5.74) is 5.97. The molecule has 9 amide bonds. The largest absolute Gasteiger partial charge is 0.493 e. The number of carbonyl (C=O) groups excluding carboxylic acids is 10. The van der Waals surface area contributed by atoms with Crippen molar-refractivity contribution in [3.8, 4) is 11.5 Å². The van der Waals surface area contributed by atoms with Crippen LogP contribution in [-0.2, 0) is 62.1 Å². The first-order valence-corrected chi connectivity index (χ1v) is 29.7. The SMILES string of the molecule is CC[C@H](C)[C@H](NC(=O)CCCCCN)C(=O)Oc1ccc(C(CNC(=O)CCSC2CC(=O)N(CCC(=O)NCCCOCCOCCOCCCNC(=O)CCN3C(=O)CC(SC)C3=O)C2=O)OC(=O)NCCNC)cc1OC. The maximum atomic E-state index is 13.5. The summed E-state index contributed by atoms with van der Waals surface area (Å²) in [5, 5.41) is 15.6. The van der Waals surface area contributed by atoms with E-state index >= 15 is 0 Å². The van der Waals surface area contributed by atoms with Crippen LogP contribution in [0.25, 0.3) is 0 Å². The predicted octanol–water partition coefficient (Wildman–Crippen LogP) is 1.34. The van der Waals surface area contributed by atoms with Crippen LogP contribution in [0.5, 0.6) is 11.5 Å². The molecule has 0 saturated carbocycles. The number of alkyl carbamates (subject to hydrolysis) is 1. The van der Waals surface area contributed by atoms with Crippen molar-refractivity contribution in [3.63, 3.8) is 0 Å². The molecule has 5 atom stereocenters. The number of benzene rings is 1. The molecule has 27 heteroatoms. The van der Waals surface area contributed by atoms with Crippen LogP contribution >= 0.6 is 23.5 Å². The number of rotatable bonds is 43. The molecule has 2 heterocycles. The lowest BCUT2D eigenvalue weighted by atomic mass is 9.99. The minimum atomic E-state index is -1.02. The normalized spacial score (nSPS) is 16.3. The van der Waals surface area contributed by atoms with Crippen molar-refractivity contribution >= 4 is 82.8 Å². The number of amides is 9. The number of likely N-dealkylation sites (tertiary alicyclic amines) is 2. The molecule has 0 spiro atoms. The molecular formula is C53H85N9O16S2. The zero-order valence-electron chi connectivity index (χ0n) is 47.0. The summed E-state index contributed by atoms with van der Waals surface area (Å²) in [5.74, 6) is -3.06. The Kier molecular flexibility index (Phi) is 34.1. The smallest absolute Gasteiger partial charge is 0.407 e. The van der Waals surface area contributed by atoms with Gasteiger partial charge in [-0.1, -0.05) is 32.8 Å². The van der Waals surface area contributed by atoms with Crippen molar-refractivity contribution in [2.24, 2.45) is 11.7 Å². The van der Waals surface area contributed by atoms with E-state index in [2.05, 4.69) is 31.9 Å². The minimum absolute atomic E-state index is 0.0264. The van der Waals surface area contributed by atoms with Gasteiger partial charge in [0.2, 0.25) is 47.3 Å². The number of ether oxygens (including phenoxy) is 6. The van der Waals surface area contributed by atoms with Crippen LogP contribution in [0.15, 0.2) is 18.2 Å². The molecule has 1 aromatic carbocycles. The lowest BCUT2D eigenvalue weighted by Gasteiger charge is -2.24. The highest BCUT2D eigenvalue weighted by Gasteiger charge is 2.39. The van der Waals surface area contributed by atoms with Crippen molar-refractivity contribution in [3.05, 3.63) is 23.8 Å². The molecule has 1 aromatic rings. The number of methoxy groups -OCH3 is 1. The molecule has 3 unspecified atom stereocenters. The summed E-state index contributed by atoms with van der Waals surface area (Å²) in [4.78, 5) is 129. The van der Waals surface area contributed by atoms with Gasteiger partial charge in [-0.2, -0.15) is 11.8 Å². The van der Waals surface area contributed by atoms with E-state index < -0.39 is 47.2 Å². The molecule has 2 fully saturated rings. The van der Waals surface area contributed by atoms with E-state index in [-0.39, 0.29) is 123 Å². The molecule has 8 N–H and O–H groups in total. The van der Waals surface area contributed by atoms with E-state index in [4.69, 9.17) is 34.2 Å². The van der Waals surface area contributed by atoms with Gasteiger partial charge in [-0.05, 0) is 69.1 Å². The molecule has 2 aliphatic rings. The lowest BCUT2D eigenvalue weighted by Crippen LogP contribution is -2.47. The molecule has 0 aliphatic carbocycles. The summed E-state index contributed by atoms with van der Waals surface area (Å²) < 4.78 is 33.6. The number of hydrogen-bond acceptors (Lipinski definition) is 20. The number of unbranched alkanes of at least 4 members (excludes halogenated alkanes) is 2. The van der Waals surface area contributed by atoms with Crippen LogP contribution in [0.2, 0.25) is 0 Å². The van der Waals surface area contributed by atoms with Crippen molar-refractivity contribution < 1.29 is 76.4 Å². The van der Waals surface area contributed by atoms with Gasteiger partial charge in [0.05, 0.1) is 50.6 Å². The number of hydrogen-bond donors (Lipinski definition) is 7. The van der Waals surface area contributed by atoms with E-state index in [1.54, 1.807) is 19.4 Å². The highest BCUT2D eigenvalue weighted by molar-refractivity contribution is 8.00. The van der Waals surface area contributed by atoms with Crippen molar-refractivity contribution in [1.29, 1.82) is 0 Å². The van der Waals surface area contributed by atoms with Crippen molar-refractivity contribution in [2.75, 3.05) is 118 Å². The number of carbonyl (C=O) groups is 10. The second kappa shape index (κ2) is 39.8. The van der Waals surface area contributed by atoms with E-state index in [1.165, 1.54) is 31.0 Å². The van der Waals surface area contributed by atoms with Crippen LogP contribution in [0, 0.1) is 5.92 Å². The van der Waals surface area contributed by atoms with Gasteiger partial charge in [-0.25, -0.2) is 9.59 Å². The third-order valence-corrected chi connectivity index (χ3v) is 15.0. The van der Waals surface area contributed by atoms with Crippen LogP contribution in [-0.4, -0.2) is 204 Å². The third kappa shape index (κ3) is 25.9. The molecule has 0 bridgehead atoms. The number of thioether (sulfide) groups is 2. The molecule has 2 aliphatic heterocycles. The molecule has 0 radical (unpaired) electrons. The van der Waals surface area contributed by atoms with Crippen molar-refractivity contribution in [2.45, 2.75) is 114 Å². The Labute approximate surface area is 477 Å². The zero-order valence-corrected chi connectivity index (χ0v) is 48.7. The number of nitrogens with one attached hydrogen (secondary N) is 6. The van der Waals surface area contributed by atoms with Gasteiger partial charge >= 0.3 is 12.1 Å². The third-order valence-electron chi connectivity index (χ3n) is 12.8. The van der Waals surface area contributed by atoms with Gasteiger partial charge in [-0.3, -0.25) is 48.2 Å². The maximum absolute atomic E-state index is 13.5. The van der Waals surface area contributed by atoms with E-state index in [9.17, 15) is 47.9 Å². The van der Waals surface area contributed by atoms with Crippen LogP contribution in [0.1, 0.15) is 103 Å². The summed E-state index contributed by atoms with van der Waals surface area (Å²) in [7, 11) is 3.10. The first-order valence-electron chi connectivity index (χ1n) is 27.4. The van der Waals surface area contributed by atoms with Gasteiger partial charge in [0.15, 0.2) is 11.5 Å². The molecular weight excluding hydrogens is 1080 g/mol. The fourth-order valence-electron chi connectivity index (χ4n) is 7.98. The molecule has 25 nitrogen and oxygen atoms in total. The number of likely N-dealkylation sites (N-methyl/N-ethyl adjacent to an activating group) is 1. The summed E-state index contributed by atoms with van der Waals surface area (Å²) in [6.45, 7) is 7.83. The van der Waals surface area contributed by atoms with E-state index in [0.717, 1.165) is 34.4 Å². The standard InChI is InChI=1S/C53H85N9O16S2/c1-6-36(2)49(60-46(66)12-8-7-9-18-54)52(71)77-38-14-13-37(32-39(38)73-4)40(78-53(72)58-22-21-55-3)35-59-45(65)17-31-80-42-34-48(68)62(51(42)70)24-16-44(64)57-20-11-26-75-28-30-76-29-27-74-25-10-19-56-43(63)15-23-61-47(67)33-41(79-5)50(61)69/h13-14,32,36,40-42,49,55H,6-12,15-31,33-35,54H2,1-5H3,(H,56,63)(H,57,64)(H,58,72)(H,59,65)(H,60,66)/t36-,40?,41?,42?,49-/m0/s1. The summed E-state index contributed by atoms with van der Waals surface area (Å²) in [6.07, 6.45) is 4.29. The average molecular weight is 1170 g/mol. The van der Waals surface area contributed by atoms with Gasteiger partial charge in [0.1, 0.15) is 12.1 Å². The molecule has 0 aromatic heterocycles. The fourth-order valence-corrected chi connectivity index (χ4v) is 9.73. The van der Waals surface area contributed by atoms with E-state index in [1.807, 2.05) is 13.8 Å². The molecule has 2 saturated heterocycles. The lowest BCUT2D eigenvalue weighted by molar-refractivity contribution is -0.141. The Morgan fingerprint density at radius 1 is 0.688 bits per heavy atom. The van der Waals surface area contributed by atoms with E-state index in [0.29, 0.717) is 97.1 Å². The Hall–Kier alpha value is -5.58. The highest BCUT2D eigenvalue weighted by atomic mass is 32.2. The highest BCUT2D eigenvalue weighted by Crippen LogP contribution is 2.33. The number of nitrogens with zero attached hydrogens (tertiary/aromatic N) is 2. The van der Waals surface area contributed by atoms with Crippen molar-refractivity contribution in [1.82, 2.24) is 41.7 Å². The number of imide groups is 2. The van der Waals surface area contributed by atoms with Gasteiger partial charge in [-0.15, -0.1) is 11.8 Å². The van der Waals surface area contributed by atoms with Crippen LogP contribution in [0.4, 0.5) is 4.79 Å². The summed E-state index contributed by atoms with van der Waals surface area (Å²) >= 11 is 2.50. The average Bonchev–Trinajstić information content (AvgIpc) is 3.88. The Bertz CT molecular complexity index is 2160. The zero-order chi connectivity index (χ0) is 58.7. The minimum Gasteiger partial charge on any atom is -0.493 e. The molecule has 80 heavy (non-hydrogen) atoms. The Morgan fingerprint density at radius 3 is 1.84 bits per heavy atom. The monoisotopic (exact) mass is 1170 g/mol. The Morgan fingerprint density at radius 2 is 1.27 bits per heavy atom. The second-order valence-electron chi connectivity index (χ2n) is 18.8. The topological polar surface area (TPSA) is 331 Å². The molecule has 3 rings (SSSR count). The number of nitrogens with two attached hydrogens (primary N) is 1. The van der Waals surface area contributed by atoms with Gasteiger partial charge in [0, 0.05) is 96.8 Å². The van der Waals surface area contributed by atoms with Gasteiger partial charge < -0.3 is 66.1 Å². The second-order valence-corrected chi connectivity index (χ2v) is 21.2. The Balaban J connectivity index is 1.31. The number of esters is 1. The van der Waals surface area contributed by atoms with Gasteiger partial charge in [0.25, 0.3) is 0 Å². The first kappa shape index (κ1) is 68.7. The predicted molar refractivity (Wildman–Crippen MR) is 299 cm³/mol. The quantitative estimate of drug-likeness (QED) is 0.0210. The summed E-state index contributed by atoms with van der Waals surface area (Å²) in [6, 6.07) is 3.65. The van der Waals surface area contributed by atoms with Crippen LogP contribution < -0.4 is 47.1 Å². The maximum Gasteiger partial charge on any atom is 0.407 e. The molecule has 450 valence electrons.